The highest BCUT2D eigenvalue weighted by molar-refractivity contribution is 7.89. The Morgan fingerprint density at radius 2 is 1.84 bits per heavy atom. The largest absolute Gasteiger partial charge is 0.309 e. The fourth-order valence-corrected chi connectivity index (χ4v) is 5.87. The number of nitrogens with zero attached hydrogens (tertiary/aromatic N) is 3. The van der Waals surface area contributed by atoms with Gasteiger partial charge in [0.2, 0.25) is 21.8 Å². The van der Waals surface area contributed by atoms with Crippen LogP contribution in [0.4, 0.5) is 11.5 Å². The summed E-state index contributed by atoms with van der Waals surface area (Å²) < 4.78 is 27.8. The number of pyridine rings is 1. The zero-order valence-electron chi connectivity index (χ0n) is 18.6. The van der Waals surface area contributed by atoms with Gasteiger partial charge in [-0.05, 0) is 69.5 Å². The van der Waals surface area contributed by atoms with Crippen LogP contribution < -0.4 is 10.2 Å². The number of aromatic nitrogens is 1. The molecule has 0 atom stereocenters. The van der Waals surface area contributed by atoms with Crippen molar-refractivity contribution in [2.45, 2.75) is 50.3 Å². The molecule has 2 amide bonds. The molecule has 1 fully saturated rings. The molecule has 0 radical (unpaired) electrons. The number of benzene rings is 1. The molecule has 8 nitrogen and oxygen atoms in total. The molecule has 1 N–H and O–H groups in total. The van der Waals surface area contributed by atoms with Gasteiger partial charge in [-0.15, -0.1) is 0 Å². The van der Waals surface area contributed by atoms with E-state index in [2.05, 4.69) is 10.3 Å². The van der Waals surface area contributed by atoms with Gasteiger partial charge in [-0.1, -0.05) is 12.5 Å². The van der Waals surface area contributed by atoms with Crippen LogP contribution in [0.25, 0.3) is 0 Å². The minimum atomic E-state index is -3.62. The third-order valence-electron chi connectivity index (χ3n) is 6.12. The smallest absolute Gasteiger partial charge is 0.245 e. The first-order valence-corrected chi connectivity index (χ1v) is 12.2. The van der Waals surface area contributed by atoms with Gasteiger partial charge in [-0.2, -0.15) is 4.31 Å². The maximum Gasteiger partial charge on any atom is 0.245 e. The lowest BCUT2D eigenvalue weighted by molar-refractivity contribution is -0.124. The lowest BCUT2D eigenvalue weighted by Gasteiger charge is -2.26. The standard InChI is InChI=1S/C23H28N4O4S/c1-16-8-7-9-20(24-16)25-21(28)15-27-19-11-10-17(14-18(19)23(2,3)22(27)29)32(30,31)26-12-5-4-6-13-26/h7-11,14H,4-6,12-13,15H2,1-3H3,(H,24,25,28). The van der Waals surface area contributed by atoms with Crippen molar-refractivity contribution in [3.63, 3.8) is 0 Å². The highest BCUT2D eigenvalue weighted by Gasteiger charge is 2.45. The van der Waals surface area contributed by atoms with Crippen molar-refractivity contribution in [1.82, 2.24) is 9.29 Å². The number of hydrogen-bond acceptors (Lipinski definition) is 5. The molecule has 1 saturated heterocycles. The topological polar surface area (TPSA) is 99.7 Å². The lowest BCUT2D eigenvalue weighted by atomic mass is 9.86. The molecule has 2 aliphatic rings. The average molecular weight is 457 g/mol. The first-order chi connectivity index (χ1) is 15.1. The zero-order chi connectivity index (χ0) is 23.1. The Labute approximate surface area is 188 Å². The van der Waals surface area contributed by atoms with Gasteiger partial charge in [0.25, 0.3) is 0 Å². The van der Waals surface area contributed by atoms with Gasteiger partial charge >= 0.3 is 0 Å². The van der Waals surface area contributed by atoms with Crippen molar-refractivity contribution in [3.05, 3.63) is 47.7 Å². The molecule has 0 saturated carbocycles. The van der Waals surface area contributed by atoms with E-state index < -0.39 is 15.4 Å². The van der Waals surface area contributed by atoms with E-state index in [1.165, 1.54) is 15.3 Å². The zero-order valence-corrected chi connectivity index (χ0v) is 19.4. The minimum absolute atomic E-state index is 0.177. The molecular weight excluding hydrogens is 428 g/mol. The fourth-order valence-electron chi connectivity index (χ4n) is 4.32. The Balaban J connectivity index is 1.60. The number of carbonyl (C=O) groups is 2. The summed E-state index contributed by atoms with van der Waals surface area (Å²) in [4.78, 5) is 31.6. The van der Waals surface area contributed by atoms with Crippen LogP contribution in [0.15, 0.2) is 41.3 Å². The van der Waals surface area contributed by atoms with Crippen molar-refractivity contribution in [3.8, 4) is 0 Å². The third-order valence-corrected chi connectivity index (χ3v) is 8.02. The molecule has 1 aromatic carbocycles. The predicted molar refractivity (Wildman–Crippen MR) is 122 cm³/mol. The fraction of sp³-hybridized carbons (Fsp3) is 0.435. The SMILES string of the molecule is Cc1cccc(NC(=O)CN2C(=O)C(C)(C)c3cc(S(=O)(=O)N4CCCCC4)ccc32)n1. The quantitative estimate of drug-likeness (QED) is 0.746. The van der Waals surface area contributed by atoms with Crippen LogP contribution in [0.3, 0.4) is 0 Å². The van der Waals surface area contributed by atoms with Gasteiger partial charge in [0.15, 0.2) is 0 Å². The first-order valence-electron chi connectivity index (χ1n) is 10.8. The van der Waals surface area contributed by atoms with Gasteiger partial charge in [-0.3, -0.25) is 9.59 Å². The number of fused-ring (bicyclic) bond motifs is 1. The second-order valence-corrected chi connectivity index (χ2v) is 10.8. The average Bonchev–Trinajstić information content (AvgIpc) is 2.94. The number of amides is 2. The van der Waals surface area contributed by atoms with Crippen LogP contribution >= 0.6 is 0 Å². The molecule has 1 aromatic heterocycles. The van der Waals surface area contributed by atoms with E-state index in [-0.39, 0.29) is 23.3 Å². The van der Waals surface area contributed by atoms with Crippen molar-refractivity contribution in [2.24, 2.45) is 0 Å². The molecule has 0 aliphatic carbocycles. The molecule has 32 heavy (non-hydrogen) atoms. The molecule has 170 valence electrons. The Hall–Kier alpha value is -2.78. The Kier molecular flexibility index (Phi) is 5.81. The van der Waals surface area contributed by atoms with Crippen LogP contribution in [0.2, 0.25) is 0 Å². The molecule has 0 bridgehead atoms. The highest BCUT2D eigenvalue weighted by atomic mass is 32.2. The normalized spacial score (nSPS) is 18.5. The van der Waals surface area contributed by atoms with Crippen LogP contribution in [0, 0.1) is 6.92 Å². The van der Waals surface area contributed by atoms with E-state index in [4.69, 9.17) is 0 Å². The van der Waals surface area contributed by atoms with Crippen molar-refractivity contribution >= 4 is 33.3 Å². The van der Waals surface area contributed by atoms with E-state index in [1.807, 2.05) is 13.0 Å². The summed E-state index contributed by atoms with van der Waals surface area (Å²) in [7, 11) is -3.62. The summed E-state index contributed by atoms with van der Waals surface area (Å²) >= 11 is 0. The maximum atomic E-state index is 13.2. The summed E-state index contributed by atoms with van der Waals surface area (Å²) in [6.07, 6.45) is 2.74. The second kappa shape index (κ2) is 8.29. The summed E-state index contributed by atoms with van der Waals surface area (Å²) in [6, 6.07) is 10.1. The number of hydrogen-bond donors (Lipinski definition) is 1. The Bertz CT molecular complexity index is 1170. The molecule has 2 aliphatic heterocycles. The minimum Gasteiger partial charge on any atom is -0.309 e. The van der Waals surface area contributed by atoms with Crippen LogP contribution in [-0.4, -0.2) is 49.2 Å². The Morgan fingerprint density at radius 1 is 1.12 bits per heavy atom. The number of nitrogens with one attached hydrogen (secondary N) is 1. The molecule has 0 spiro atoms. The van der Waals surface area contributed by atoms with E-state index >= 15 is 0 Å². The first kappa shape index (κ1) is 22.4. The number of piperidine rings is 1. The van der Waals surface area contributed by atoms with E-state index in [9.17, 15) is 18.0 Å². The van der Waals surface area contributed by atoms with Crippen LogP contribution in [0.5, 0.6) is 0 Å². The summed E-state index contributed by atoms with van der Waals surface area (Å²) in [5.41, 5.74) is 1.01. The van der Waals surface area contributed by atoms with Crippen LogP contribution in [-0.2, 0) is 25.0 Å². The van der Waals surface area contributed by atoms with Crippen LogP contribution in [0.1, 0.15) is 44.4 Å². The van der Waals surface area contributed by atoms with Crippen molar-refractivity contribution in [1.29, 1.82) is 0 Å². The number of anilines is 2. The summed E-state index contributed by atoms with van der Waals surface area (Å²) in [6.45, 7) is 6.19. The van der Waals surface area contributed by atoms with Gasteiger partial charge in [-0.25, -0.2) is 13.4 Å². The second-order valence-electron chi connectivity index (χ2n) is 8.87. The number of carbonyl (C=O) groups excluding carboxylic acids is 2. The Morgan fingerprint density at radius 3 is 2.53 bits per heavy atom. The summed E-state index contributed by atoms with van der Waals surface area (Å²) in [5.74, 6) is -0.193. The molecule has 4 rings (SSSR count). The van der Waals surface area contributed by atoms with Crippen molar-refractivity contribution < 1.29 is 18.0 Å². The molecule has 2 aromatic rings. The van der Waals surface area contributed by atoms with Gasteiger partial charge < -0.3 is 10.2 Å². The van der Waals surface area contributed by atoms with E-state index in [1.54, 1.807) is 38.1 Å². The number of sulfonamides is 1. The van der Waals surface area contributed by atoms with Gasteiger partial charge in [0.1, 0.15) is 12.4 Å². The molecule has 0 unspecified atom stereocenters. The number of aryl methyl sites for hydroxylation is 1. The molecule has 3 heterocycles. The maximum absolute atomic E-state index is 13.2. The van der Waals surface area contributed by atoms with E-state index in [0.717, 1.165) is 25.0 Å². The van der Waals surface area contributed by atoms with Gasteiger partial charge in [0.05, 0.1) is 10.3 Å². The number of rotatable bonds is 5. The van der Waals surface area contributed by atoms with Gasteiger partial charge in [0, 0.05) is 24.5 Å². The lowest BCUT2D eigenvalue weighted by Crippen LogP contribution is -2.40. The monoisotopic (exact) mass is 456 g/mol. The third kappa shape index (κ3) is 4.02. The predicted octanol–water partition coefficient (Wildman–Crippen LogP) is 2.83. The van der Waals surface area contributed by atoms with E-state index in [0.29, 0.717) is 30.2 Å². The molecular formula is C23H28N4O4S. The van der Waals surface area contributed by atoms with Crippen molar-refractivity contribution in [2.75, 3.05) is 29.9 Å². The highest BCUT2D eigenvalue weighted by Crippen LogP contribution is 2.42. The summed E-state index contributed by atoms with van der Waals surface area (Å²) in [5, 5.41) is 2.72. The molecule has 9 heteroatoms.